The third kappa shape index (κ3) is 3.35. The first-order chi connectivity index (χ1) is 13.7. The first kappa shape index (κ1) is 17.8. The topological polar surface area (TPSA) is 93.4 Å². The Kier molecular flexibility index (Phi) is 4.81. The van der Waals surface area contributed by atoms with Crippen molar-refractivity contribution in [2.45, 2.75) is 13.5 Å². The lowest BCUT2D eigenvalue weighted by Gasteiger charge is -2.13. The number of halogens is 1. The van der Waals surface area contributed by atoms with Crippen LogP contribution in [0.5, 0.6) is 0 Å². The average Bonchev–Trinajstić information content (AvgIpc) is 3.15. The van der Waals surface area contributed by atoms with Crippen molar-refractivity contribution < 1.29 is 13.9 Å². The highest BCUT2D eigenvalue weighted by Crippen LogP contribution is 2.25. The number of rotatable bonds is 6. The minimum atomic E-state index is -0.464. The van der Waals surface area contributed by atoms with E-state index < -0.39 is 11.7 Å². The zero-order valence-corrected chi connectivity index (χ0v) is 15.0. The van der Waals surface area contributed by atoms with Gasteiger partial charge in [0.05, 0.1) is 29.4 Å². The van der Waals surface area contributed by atoms with Crippen LogP contribution in [0.3, 0.4) is 0 Å². The van der Waals surface area contributed by atoms with Gasteiger partial charge in [0.1, 0.15) is 11.5 Å². The largest absolute Gasteiger partial charge is 0.376 e. The smallest absolute Gasteiger partial charge is 0.289 e. The lowest BCUT2D eigenvalue weighted by Crippen LogP contribution is -2.30. The Morgan fingerprint density at radius 1 is 1.21 bits per heavy atom. The highest BCUT2D eigenvalue weighted by Gasteiger charge is 2.14. The molecule has 142 valence electrons. The minimum absolute atomic E-state index is 0.158. The van der Waals surface area contributed by atoms with Gasteiger partial charge < -0.3 is 9.14 Å². The molecule has 0 saturated carbocycles. The second-order valence-corrected chi connectivity index (χ2v) is 5.95. The van der Waals surface area contributed by atoms with Gasteiger partial charge in [-0.25, -0.2) is 14.4 Å². The number of carbonyl (C=O) groups is 1. The van der Waals surface area contributed by atoms with Crippen molar-refractivity contribution >= 4 is 28.3 Å². The summed E-state index contributed by atoms with van der Waals surface area (Å²) in [6.45, 7) is 2.89. The van der Waals surface area contributed by atoms with Crippen molar-refractivity contribution in [3.63, 3.8) is 0 Å². The molecule has 9 heteroatoms. The van der Waals surface area contributed by atoms with Gasteiger partial charge in [-0.2, -0.15) is 0 Å². The van der Waals surface area contributed by atoms with E-state index in [1.807, 2.05) is 23.5 Å². The summed E-state index contributed by atoms with van der Waals surface area (Å²) in [4.78, 5) is 24.5. The molecule has 1 aromatic carbocycles. The summed E-state index contributed by atoms with van der Waals surface area (Å²) in [6.07, 6.45) is 4.26. The van der Waals surface area contributed by atoms with Crippen LogP contribution in [0.25, 0.3) is 16.6 Å². The molecule has 1 amide bonds. The third-order valence-electron chi connectivity index (χ3n) is 4.16. The van der Waals surface area contributed by atoms with Crippen molar-refractivity contribution in [3.05, 3.63) is 66.1 Å². The molecule has 4 aromatic rings. The lowest BCUT2D eigenvalue weighted by atomic mass is 10.2. The molecule has 3 aromatic heterocycles. The molecule has 0 radical (unpaired) electrons. The average molecular weight is 380 g/mol. The van der Waals surface area contributed by atoms with E-state index in [1.165, 1.54) is 30.7 Å². The Morgan fingerprint density at radius 2 is 2.07 bits per heavy atom. The number of hydrogen-bond donors (Lipinski definition) is 2. The van der Waals surface area contributed by atoms with Gasteiger partial charge in [0, 0.05) is 30.8 Å². The summed E-state index contributed by atoms with van der Waals surface area (Å²) < 4.78 is 21.2. The molecule has 0 aliphatic carbocycles. The SMILES string of the molecule is CCOCc1ccc2c(NNC(=O)c3cnccn3)nc3cc(F)ccc3n12. The molecule has 0 unspecified atom stereocenters. The van der Waals surface area contributed by atoms with E-state index in [1.54, 1.807) is 6.07 Å². The van der Waals surface area contributed by atoms with Crippen LogP contribution in [0.4, 0.5) is 10.2 Å². The normalized spacial score (nSPS) is 11.1. The number of fused-ring (bicyclic) bond motifs is 3. The Hall–Kier alpha value is -3.59. The molecule has 0 saturated heterocycles. The number of hydrazine groups is 1. The van der Waals surface area contributed by atoms with Crippen LogP contribution >= 0.6 is 0 Å². The van der Waals surface area contributed by atoms with Crippen molar-refractivity contribution in [2.75, 3.05) is 12.0 Å². The van der Waals surface area contributed by atoms with Gasteiger partial charge in [0.25, 0.3) is 5.91 Å². The Morgan fingerprint density at radius 3 is 2.86 bits per heavy atom. The molecule has 2 N–H and O–H groups in total. The lowest BCUT2D eigenvalue weighted by molar-refractivity contribution is 0.0957. The molecule has 0 aliphatic heterocycles. The summed E-state index contributed by atoms with van der Waals surface area (Å²) >= 11 is 0. The predicted molar refractivity (Wildman–Crippen MR) is 101 cm³/mol. The van der Waals surface area contributed by atoms with Crippen LogP contribution in [0.15, 0.2) is 48.9 Å². The fraction of sp³-hybridized carbons (Fsp3) is 0.158. The van der Waals surface area contributed by atoms with Crippen molar-refractivity contribution in [1.82, 2.24) is 24.8 Å². The van der Waals surface area contributed by atoms with Crippen molar-refractivity contribution in [1.29, 1.82) is 0 Å². The molecular formula is C19H17FN6O2. The maximum atomic E-state index is 13.8. The van der Waals surface area contributed by atoms with Gasteiger partial charge in [-0.1, -0.05) is 0 Å². The molecule has 4 rings (SSSR count). The molecule has 0 spiro atoms. The van der Waals surface area contributed by atoms with Gasteiger partial charge in [0.15, 0.2) is 5.82 Å². The van der Waals surface area contributed by atoms with E-state index in [4.69, 9.17) is 4.74 Å². The molecule has 0 aliphatic rings. The molecule has 0 bridgehead atoms. The number of anilines is 1. The monoisotopic (exact) mass is 380 g/mol. The maximum Gasteiger partial charge on any atom is 0.289 e. The zero-order valence-electron chi connectivity index (χ0n) is 15.0. The molecule has 8 nitrogen and oxygen atoms in total. The Balaban J connectivity index is 1.74. The first-order valence-corrected chi connectivity index (χ1v) is 8.67. The molecule has 28 heavy (non-hydrogen) atoms. The standard InChI is InChI=1S/C19H17FN6O2/c1-2-28-11-13-4-6-17-18(24-25-19(27)15-10-21-7-8-22-15)23-14-9-12(20)3-5-16(14)26(13)17/h3-10H,2,11H2,1H3,(H,23,24)(H,25,27). The molecule has 3 heterocycles. The van der Waals surface area contributed by atoms with Crippen LogP contribution < -0.4 is 10.9 Å². The van der Waals surface area contributed by atoms with Gasteiger partial charge in [-0.05, 0) is 31.2 Å². The number of ether oxygens (including phenoxy) is 1. The Bertz CT molecular complexity index is 1150. The summed E-state index contributed by atoms with van der Waals surface area (Å²) in [5, 5.41) is 0. The minimum Gasteiger partial charge on any atom is -0.376 e. The van der Waals surface area contributed by atoms with E-state index >= 15 is 0 Å². The quantitative estimate of drug-likeness (QED) is 0.500. The fourth-order valence-corrected chi connectivity index (χ4v) is 2.91. The number of benzene rings is 1. The number of aromatic nitrogens is 4. The van der Waals surface area contributed by atoms with Gasteiger partial charge in [-0.3, -0.25) is 20.6 Å². The maximum absolute atomic E-state index is 13.8. The third-order valence-corrected chi connectivity index (χ3v) is 4.16. The van der Waals surface area contributed by atoms with E-state index in [9.17, 15) is 9.18 Å². The van der Waals surface area contributed by atoms with E-state index in [-0.39, 0.29) is 5.69 Å². The molecule has 0 atom stereocenters. The van der Waals surface area contributed by atoms with E-state index in [0.717, 1.165) is 11.2 Å². The van der Waals surface area contributed by atoms with Gasteiger partial charge in [0.2, 0.25) is 0 Å². The number of nitrogens with one attached hydrogen (secondary N) is 2. The zero-order chi connectivity index (χ0) is 19.5. The van der Waals surface area contributed by atoms with E-state index in [2.05, 4.69) is 25.8 Å². The highest BCUT2D eigenvalue weighted by molar-refractivity contribution is 5.93. The molecule has 0 fully saturated rings. The predicted octanol–water partition coefficient (Wildman–Crippen LogP) is 2.71. The number of carbonyl (C=O) groups excluding carboxylic acids is 1. The Labute approximate surface area is 159 Å². The van der Waals surface area contributed by atoms with Crippen LogP contribution in [0, 0.1) is 5.82 Å². The number of amides is 1. The van der Waals surface area contributed by atoms with Gasteiger partial charge in [-0.15, -0.1) is 0 Å². The van der Waals surface area contributed by atoms with Gasteiger partial charge >= 0.3 is 0 Å². The van der Waals surface area contributed by atoms with Crippen molar-refractivity contribution in [2.24, 2.45) is 0 Å². The van der Waals surface area contributed by atoms with Crippen LogP contribution in [0.2, 0.25) is 0 Å². The molecular weight excluding hydrogens is 363 g/mol. The van der Waals surface area contributed by atoms with Crippen LogP contribution in [0.1, 0.15) is 23.1 Å². The van der Waals surface area contributed by atoms with E-state index in [0.29, 0.717) is 30.1 Å². The summed E-state index contributed by atoms with van der Waals surface area (Å²) in [6, 6.07) is 8.17. The summed E-state index contributed by atoms with van der Waals surface area (Å²) in [7, 11) is 0. The van der Waals surface area contributed by atoms with Crippen molar-refractivity contribution in [3.8, 4) is 0 Å². The fourth-order valence-electron chi connectivity index (χ4n) is 2.91. The second kappa shape index (κ2) is 7.57. The second-order valence-electron chi connectivity index (χ2n) is 5.95. The summed E-state index contributed by atoms with van der Waals surface area (Å²) in [5.41, 5.74) is 8.29. The first-order valence-electron chi connectivity index (χ1n) is 8.67. The van der Waals surface area contributed by atoms with Crippen LogP contribution in [-0.4, -0.2) is 31.9 Å². The number of nitrogens with zero attached hydrogens (tertiary/aromatic N) is 4. The summed E-state index contributed by atoms with van der Waals surface area (Å²) in [5.74, 6) is -0.487. The number of hydrogen-bond acceptors (Lipinski definition) is 6. The van der Waals surface area contributed by atoms with Crippen LogP contribution in [-0.2, 0) is 11.3 Å². The highest BCUT2D eigenvalue weighted by atomic mass is 19.1.